The highest BCUT2D eigenvalue weighted by Crippen LogP contribution is 2.31. The van der Waals surface area contributed by atoms with Crippen molar-refractivity contribution < 1.29 is 24.1 Å². The Morgan fingerprint density at radius 3 is 2.45 bits per heavy atom. The largest absolute Gasteiger partial charge is 0.478 e. The first-order valence-electron chi connectivity index (χ1n) is 12.8. The first-order valence-corrected chi connectivity index (χ1v) is 12.8. The Morgan fingerprint density at radius 2 is 1.68 bits per heavy atom. The zero-order valence-corrected chi connectivity index (χ0v) is 21.9. The van der Waals surface area contributed by atoms with Gasteiger partial charge < -0.3 is 20.3 Å². The molecule has 0 amide bonds. The van der Waals surface area contributed by atoms with E-state index in [0.29, 0.717) is 12.1 Å². The van der Waals surface area contributed by atoms with Crippen molar-refractivity contribution in [1.82, 2.24) is 5.32 Å². The summed E-state index contributed by atoms with van der Waals surface area (Å²) in [6.07, 6.45) is -0.278. The molecule has 0 heterocycles. The third-order valence-corrected chi connectivity index (χ3v) is 6.72. The summed E-state index contributed by atoms with van der Waals surface area (Å²) in [4.78, 5) is 11.4. The van der Waals surface area contributed by atoms with Gasteiger partial charge >= 0.3 is 5.97 Å². The number of benzene rings is 4. The van der Waals surface area contributed by atoms with E-state index in [1.165, 1.54) is 22.4 Å². The lowest BCUT2D eigenvalue weighted by atomic mass is 9.93. The maximum atomic E-state index is 13.9. The highest BCUT2D eigenvalue weighted by atomic mass is 19.1. The summed E-state index contributed by atoms with van der Waals surface area (Å²) < 4.78 is 19.9. The maximum absolute atomic E-state index is 13.9. The number of carbonyl (C=O) groups is 1. The summed E-state index contributed by atoms with van der Waals surface area (Å²) in [5, 5.41) is 25.8. The predicted octanol–water partition coefficient (Wildman–Crippen LogP) is 6.39. The molecule has 2 atom stereocenters. The molecule has 0 bridgehead atoms. The van der Waals surface area contributed by atoms with Gasteiger partial charge in [0, 0.05) is 12.1 Å². The fourth-order valence-corrected chi connectivity index (χ4v) is 4.69. The van der Waals surface area contributed by atoms with Crippen LogP contribution in [0.2, 0.25) is 0 Å². The summed E-state index contributed by atoms with van der Waals surface area (Å²) >= 11 is 0. The van der Waals surface area contributed by atoms with E-state index in [9.17, 15) is 19.4 Å². The lowest BCUT2D eigenvalue weighted by molar-refractivity contribution is -0.00397. The van der Waals surface area contributed by atoms with Crippen molar-refractivity contribution >= 4 is 16.7 Å². The Balaban J connectivity index is 1.35. The normalized spacial score (nSPS) is 13.4. The fourth-order valence-electron chi connectivity index (χ4n) is 4.69. The highest BCUT2D eigenvalue weighted by Gasteiger charge is 2.21. The average Bonchev–Trinajstić information content (AvgIpc) is 2.90. The lowest BCUT2D eigenvalue weighted by Crippen LogP contribution is -2.46. The van der Waals surface area contributed by atoms with Gasteiger partial charge in [0.1, 0.15) is 5.82 Å². The molecule has 1 unspecified atom stereocenters. The van der Waals surface area contributed by atoms with Crippen LogP contribution in [0.25, 0.3) is 21.9 Å². The van der Waals surface area contributed by atoms with Gasteiger partial charge in [-0.25, -0.2) is 9.18 Å². The molecule has 0 aliphatic rings. The van der Waals surface area contributed by atoms with Gasteiger partial charge in [-0.3, -0.25) is 0 Å². The van der Waals surface area contributed by atoms with Crippen LogP contribution in [0.3, 0.4) is 0 Å². The van der Waals surface area contributed by atoms with Crippen LogP contribution in [0.4, 0.5) is 4.39 Å². The van der Waals surface area contributed by atoms with Crippen molar-refractivity contribution in [2.24, 2.45) is 0 Å². The molecule has 198 valence electrons. The molecule has 4 aromatic carbocycles. The van der Waals surface area contributed by atoms with Gasteiger partial charge in [0.15, 0.2) is 0 Å². The van der Waals surface area contributed by atoms with Crippen molar-refractivity contribution in [3.63, 3.8) is 0 Å². The third kappa shape index (κ3) is 6.84. The van der Waals surface area contributed by atoms with Crippen molar-refractivity contribution in [3.05, 3.63) is 107 Å². The molecule has 0 saturated carbocycles. The summed E-state index contributed by atoms with van der Waals surface area (Å²) in [5.74, 6) is -2.09. The van der Waals surface area contributed by atoms with Gasteiger partial charge in [-0.2, -0.15) is 0 Å². The Labute approximate surface area is 222 Å². The molecule has 0 saturated heterocycles. The topological polar surface area (TPSA) is 78.8 Å². The van der Waals surface area contributed by atoms with E-state index in [2.05, 4.69) is 49.5 Å². The number of ether oxygens (including phenoxy) is 1. The van der Waals surface area contributed by atoms with E-state index in [0.717, 1.165) is 23.6 Å². The summed E-state index contributed by atoms with van der Waals surface area (Å²) in [6.45, 7) is 6.60. The third-order valence-electron chi connectivity index (χ3n) is 6.72. The molecular formula is C32H34FNO4. The SMILES string of the molecule is CC(OC[C@@H](O)CNC(C)(C)Cc1ccc2ccccc2c1)c1ccccc1-c1ccc(F)c(C(=O)O)c1. The molecular weight excluding hydrogens is 481 g/mol. The minimum Gasteiger partial charge on any atom is -0.478 e. The molecule has 4 rings (SSSR count). The second kappa shape index (κ2) is 11.9. The standard InChI is InChI=1S/C32H34FNO4/c1-21(27-10-6-7-11-28(27)25-14-15-30(33)29(17-25)31(36)37)38-20-26(35)19-34-32(2,3)18-22-12-13-23-8-4-5-9-24(23)16-22/h4-17,21,26,34-35H,18-20H2,1-3H3,(H,36,37)/t21?,26-/m0/s1. The molecule has 0 fully saturated rings. The Bertz CT molecular complexity index is 1420. The van der Waals surface area contributed by atoms with E-state index in [1.807, 2.05) is 43.3 Å². The van der Waals surface area contributed by atoms with E-state index in [1.54, 1.807) is 6.07 Å². The van der Waals surface area contributed by atoms with Crippen LogP contribution in [-0.2, 0) is 11.2 Å². The number of β-amino-alcohol motifs (C(OH)–C–C–N with tert-alkyl or cyclic N) is 1. The van der Waals surface area contributed by atoms with Crippen LogP contribution in [0, 0.1) is 5.82 Å². The number of nitrogens with one attached hydrogen (secondary N) is 1. The monoisotopic (exact) mass is 515 g/mol. The number of hydrogen-bond donors (Lipinski definition) is 3. The van der Waals surface area contributed by atoms with E-state index in [-0.39, 0.29) is 23.8 Å². The molecule has 0 aliphatic carbocycles. The number of carboxylic acids is 1. The Morgan fingerprint density at radius 1 is 0.974 bits per heavy atom. The van der Waals surface area contributed by atoms with E-state index in [4.69, 9.17) is 4.74 Å². The number of rotatable bonds is 11. The lowest BCUT2D eigenvalue weighted by Gasteiger charge is -2.28. The molecule has 0 aliphatic heterocycles. The van der Waals surface area contributed by atoms with E-state index < -0.39 is 17.9 Å². The van der Waals surface area contributed by atoms with Crippen LogP contribution < -0.4 is 5.32 Å². The van der Waals surface area contributed by atoms with Crippen LogP contribution >= 0.6 is 0 Å². The molecule has 0 radical (unpaired) electrons. The predicted molar refractivity (Wildman–Crippen MR) is 149 cm³/mol. The number of carboxylic acid groups (broad SMARTS) is 1. The number of hydrogen-bond acceptors (Lipinski definition) is 4. The quantitative estimate of drug-likeness (QED) is 0.216. The molecule has 0 spiro atoms. The summed E-state index contributed by atoms with van der Waals surface area (Å²) in [7, 11) is 0. The smallest absolute Gasteiger partial charge is 0.338 e. The maximum Gasteiger partial charge on any atom is 0.338 e. The highest BCUT2D eigenvalue weighted by molar-refractivity contribution is 5.90. The number of aromatic carboxylic acids is 1. The van der Waals surface area contributed by atoms with Gasteiger partial charge in [-0.1, -0.05) is 72.8 Å². The summed E-state index contributed by atoms with van der Waals surface area (Å²) in [5.41, 5.74) is 2.79. The van der Waals surface area contributed by atoms with Gasteiger partial charge in [-0.05, 0) is 72.4 Å². The molecule has 4 aromatic rings. The van der Waals surface area contributed by atoms with E-state index >= 15 is 0 Å². The zero-order valence-electron chi connectivity index (χ0n) is 21.9. The first kappa shape index (κ1) is 27.5. The Kier molecular flexibility index (Phi) is 8.57. The Hall–Kier alpha value is -3.58. The van der Waals surface area contributed by atoms with Crippen LogP contribution in [0.1, 0.15) is 48.4 Å². The van der Waals surface area contributed by atoms with Crippen LogP contribution in [0.5, 0.6) is 0 Å². The molecule has 3 N–H and O–H groups in total. The molecule has 38 heavy (non-hydrogen) atoms. The molecule has 6 heteroatoms. The number of halogens is 1. The molecule has 5 nitrogen and oxygen atoms in total. The first-order chi connectivity index (χ1) is 18.1. The number of aliphatic hydroxyl groups excluding tert-OH is 1. The molecule has 0 aromatic heterocycles. The second-order valence-electron chi connectivity index (χ2n) is 10.3. The average molecular weight is 516 g/mol. The van der Waals surface area contributed by atoms with Gasteiger partial charge in [0.25, 0.3) is 0 Å². The number of fused-ring (bicyclic) bond motifs is 1. The zero-order chi connectivity index (χ0) is 27.3. The van der Waals surface area contributed by atoms with Gasteiger partial charge in [0.05, 0.1) is 24.4 Å². The number of aliphatic hydroxyl groups is 1. The second-order valence-corrected chi connectivity index (χ2v) is 10.3. The van der Waals surface area contributed by atoms with Crippen LogP contribution in [0.15, 0.2) is 84.9 Å². The van der Waals surface area contributed by atoms with Gasteiger partial charge in [0.2, 0.25) is 0 Å². The van der Waals surface area contributed by atoms with Crippen molar-refractivity contribution in [2.45, 2.75) is 44.9 Å². The van der Waals surface area contributed by atoms with Crippen molar-refractivity contribution in [3.8, 4) is 11.1 Å². The van der Waals surface area contributed by atoms with Crippen molar-refractivity contribution in [2.75, 3.05) is 13.2 Å². The minimum atomic E-state index is -1.31. The van der Waals surface area contributed by atoms with Gasteiger partial charge in [-0.15, -0.1) is 0 Å². The van der Waals surface area contributed by atoms with Crippen molar-refractivity contribution in [1.29, 1.82) is 0 Å². The summed E-state index contributed by atoms with van der Waals surface area (Å²) in [6, 6.07) is 26.3. The fraction of sp³-hybridized carbons (Fsp3) is 0.281. The van der Waals surface area contributed by atoms with Crippen LogP contribution in [-0.4, -0.2) is 41.0 Å². The minimum absolute atomic E-state index is 0.123.